The van der Waals surface area contributed by atoms with Crippen molar-refractivity contribution in [1.29, 1.82) is 0 Å². The van der Waals surface area contributed by atoms with Gasteiger partial charge < -0.3 is 16.2 Å². The van der Waals surface area contributed by atoms with Gasteiger partial charge in [0, 0.05) is 10.4 Å². The van der Waals surface area contributed by atoms with Crippen LogP contribution in [0.1, 0.15) is 28.9 Å². The van der Waals surface area contributed by atoms with Gasteiger partial charge in [-0.15, -0.1) is 11.3 Å². The first-order valence-electron chi connectivity index (χ1n) is 6.34. The number of anilines is 1. The zero-order chi connectivity index (χ0) is 13.5. The standard InChI is InChI=1S/C14H16N2O2S/c15-10-2-3-11-9(6-10)7-12(19-11)13(18)16-14(8-17)4-1-5-14/h2-3,6-7,17H,1,4-5,8,15H2,(H,16,18). The number of nitrogen functional groups attached to an aromatic ring is 1. The summed E-state index contributed by atoms with van der Waals surface area (Å²) in [6, 6.07) is 7.49. The Morgan fingerprint density at radius 1 is 1.42 bits per heavy atom. The van der Waals surface area contributed by atoms with E-state index < -0.39 is 5.54 Å². The maximum absolute atomic E-state index is 12.2. The highest BCUT2D eigenvalue weighted by molar-refractivity contribution is 7.20. The lowest BCUT2D eigenvalue weighted by Crippen LogP contribution is -2.56. The molecule has 1 heterocycles. The van der Waals surface area contributed by atoms with Gasteiger partial charge in [0.15, 0.2) is 0 Å². The number of carbonyl (C=O) groups excluding carboxylic acids is 1. The van der Waals surface area contributed by atoms with Gasteiger partial charge in [-0.3, -0.25) is 4.79 Å². The number of benzene rings is 1. The van der Waals surface area contributed by atoms with E-state index in [9.17, 15) is 9.90 Å². The van der Waals surface area contributed by atoms with Gasteiger partial charge in [0.1, 0.15) is 0 Å². The van der Waals surface area contributed by atoms with E-state index in [1.807, 2.05) is 24.3 Å². The lowest BCUT2D eigenvalue weighted by molar-refractivity contribution is 0.0645. The van der Waals surface area contributed by atoms with Crippen molar-refractivity contribution < 1.29 is 9.90 Å². The molecule has 0 unspecified atom stereocenters. The topological polar surface area (TPSA) is 75.4 Å². The molecule has 1 aliphatic carbocycles. The number of nitrogens with one attached hydrogen (secondary N) is 1. The number of nitrogens with two attached hydrogens (primary N) is 1. The zero-order valence-electron chi connectivity index (χ0n) is 10.5. The highest BCUT2D eigenvalue weighted by Crippen LogP contribution is 2.33. The second-order valence-electron chi connectivity index (χ2n) is 5.15. The fourth-order valence-electron chi connectivity index (χ4n) is 2.40. The molecule has 4 N–H and O–H groups in total. The maximum Gasteiger partial charge on any atom is 0.261 e. The minimum atomic E-state index is -0.397. The summed E-state index contributed by atoms with van der Waals surface area (Å²) in [5, 5.41) is 13.3. The van der Waals surface area contributed by atoms with Crippen LogP contribution in [0.15, 0.2) is 24.3 Å². The molecule has 0 saturated heterocycles. The Bertz CT molecular complexity index is 626. The summed E-state index contributed by atoms with van der Waals surface area (Å²) < 4.78 is 1.05. The number of aliphatic hydroxyl groups excluding tert-OH is 1. The Hall–Kier alpha value is -1.59. The molecule has 1 fully saturated rings. The molecule has 1 amide bonds. The van der Waals surface area contributed by atoms with Crippen LogP contribution in [0.2, 0.25) is 0 Å². The summed E-state index contributed by atoms with van der Waals surface area (Å²) in [7, 11) is 0. The molecule has 4 nitrogen and oxygen atoms in total. The predicted molar refractivity (Wildman–Crippen MR) is 77.4 cm³/mol. The molecule has 1 aliphatic rings. The van der Waals surface area contributed by atoms with E-state index >= 15 is 0 Å². The van der Waals surface area contributed by atoms with Crippen LogP contribution in [-0.2, 0) is 0 Å². The molecule has 1 aromatic carbocycles. The highest BCUT2D eigenvalue weighted by Gasteiger charge is 2.38. The first kappa shape index (κ1) is 12.4. The summed E-state index contributed by atoms with van der Waals surface area (Å²) in [6.45, 7) is 0.0105. The average Bonchev–Trinajstić information content (AvgIpc) is 2.76. The molecule has 5 heteroatoms. The van der Waals surface area contributed by atoms with E-state index in [0.29, 0.717) is 10.6 Å². The molecule has 0 radical (unpaired) electrons. The number of fused-ring (bicyclic) bond motifs is 1. The number of carbonyl (C=O) groups is 1. The van der Waals surface area contributed by atoms with Gasteiger partial charge in [-0.05, 0) is 48.9 Å². The van der Waals surface area contributed by atoms with Crippen LogP contribution in [0.3, 0.4) is 0 Å². The lowest BCUT2D eigenvalue weighted by Gasteiger charge is -2.40. The Balaban J connectivity index is 1.85. The Morgan fingerprint density at radius 3 is 2.84 bits per heavy atom. The molecular formula is C14H16N2O2S. The molecule has 2 aromatic rings. The molecule has 100 valence electrons. The summed E-state index contributed by atoms with van der Waals surface area (Å²) in [4.78, 5) is 12.9. The van der Waals surface area contributed by atoms with Crippen LogP contribution in [0.4, 0.5) is 5.69 Å². The monoisotopic (exact) mass is 276 g/mol. The zero-order valence-corrected chi connectivity index (χ0v) is 11.3. The quantitative estimate of drug-likeness (QED) is 0.752. The molecule has 0 atom stereocenters. The lowest BCUT2D eigenvalue weighted by atomic mass is 9.77. The predicted octanol–water partition coefficient (Wildman–Crippen LogP) is 2.13. The molecule has 19 heavy (non-hydrogen) atoms. The van der Waals surface area contributed by atoms with Crippen LogP contribution in [0.5, 0.6) is 0 Å². The van der Waals surface area contributed by atoms with E-state index in [4.69, 9.17) is 5.73 Å². The van der Waals surface area contributed by atoms with Crippen molar-refractivity contribution in [3.8, 4) is 0 Å². The molecule has 0 bridgehead atoms. The Morgan fingerprint density at radius 2 is 2.21 bits per heavy atom. The van der Waals surface area contributed by atoms with E-state index in [2.05, 4.69) is 5.32 Å². The van der Waals surface area contributed by atoms with Crippen LogP contribution < -0.4 is 11.1 Å². The number of aliphatic hydroxyl groups is 1. The van der Waals surface area contributed by atoms with Gasteiger partial charge in [-0.1, -0.05) is 0 Å². The van der Waals surface area contributed by atoms with Crippen LogP contribution in [-0.4, -0.2) is 23.2 Å². The van der Waals surface area contributed by atoms with Crippen molar-refractivity contribution in [2.24, 2.45) is 0 Å². The normalized spacial score (nSPS) is 17.1. The number of thiophene rings is 1. The summed E-state index contributed by atoms with van der Waals surface area (Å²) in [6.07, 6.45) is 2.77. The Kier molecular flexibility index (Phi) is 2.95. The van der Waals surface area contributed by atoms with Crippen LogP contribution in [0, 0.1) is 0 Å². The first-order valence-corrected chi connectivity index (χ1v) is 7.16. The van der Waals surface area contributed by atoms with Crippen molar-refractivity contribution in [1.82, 2.24) is 5.32 Å². The van der Waals surface area contributed by atoms with Crippen LogP contribution in [0.25, 0.3) is 10.1 Å². The third kappa shape index (κ3) is 2.19. The van der Waals surface area contributed by atoms with Gasteiger partial charge in [-0.2, -0.15) is 0 Å². The Labute approximate surface area is 115 Å². The van der Waals surface area contributed by atoms with Gasteiger partial charge in [0.25, 0.3) is 5.91 Å². The number of amides is 1. The summed E-state index contributed by atoms with van der Waals surface area (Å²) in [5.41, 5.74) is 6.03. The molecule has 0 aliphatic heterocycles. The smallest absolute Gasteiger partial charge is 0.261 e. The van der Waals surface area contributed by atoms with Crippen molar-refractivity contribution in [3.63, 3.8) is 0 Å². The second-order valence-corrected chi connectivity index (χ2v) is 6.24. The molecule has 0 spiro atoms. The third-order valence-corrected chi connectivity index (χ3v) is 4.87. The number of hydrogen-bond acceptors (Lipinski definition) is 4. The van der Waals surface area contributed by atoms with E-state index in [1.54, 1.807) is 0 Å². The van der Waals surface area contributed by atoms with Crippen molar-refractivity contribution in [2.75, 3.05) is 12.3 Å². The number of hydrogen-bond donors (Lipinski definition) is 3. The van der Waals surface area contributed by atoms with Crippen molar-refractivity contribution >= 4 is 33.0 Å². The van der Waals surface area contributed by atoms with Gasteiger partial charge in [0.05, 0.1) is 17.0 Å². The van der Waals surface area contributed by atoms with Gasteiger partial charge >= 0.3 is 0 Å². The molecular weight excluding hydrogens is 260 g/mol. The number of rotatable bonds is 3. The largest absolute Gasteiger partial charge is 0.399 e. The van der Waals surface area contributed by atoms with E-state index in [0.717, 1.165) is 29.3 Å². The average molecular weight is 276 g/mol. The van der Waals surface area contributed by atoms with Crippen LogP contribution >= 0.6 is 11.3 Å². The first-order chi connectivity index (χ1) is 9.12. The molecule has 1 aromatic heterocycles. The third-order valence-electron chi connectivity index (χ3n) is 3.76. The minimum absolute atomic E-state index is 0.0105. The fraction of sp³-hybridized carbons (Fsp3) is 0.357. The van der Waals surface area contributed by atoms with E-state index in [1.165, 1.54) is 11.3 Å². The van der Waals surface area contributed by atoms with Gasteiger partial charge in [-0.25, -0.2) is 0 Å². The van der Waals surface area contributed by atoms with E-state index in [-0.39, 0.29) is 12.5 Å². The van der Waals surface area contributed by atoms with Crippen molar-refractivity contribution in [2.45, 2.75) is 24.8 Å². The summed E-state index contributed by atoms with van der Waals surface area (Å²) >= 11 is 1.45. The summed E-state index contributed by atoms with van der Waals surface area (Å²) in [5.74, 6) is -0.103. The molecule has 1 saturated carbocycles. The highest BCUT2D eigenvalue weighted by atomic mass is 32.1. The maximum atomic E-state index is 12.2. The van der Waals surface area contributed by atoms with Gasteiger partial charge in [0.2, 0.25) is 0 Å². The second kappa shape index (κ2) is 4.51. The SMILES string of the molecule is Nc1ccc2sc(C(=O)NC3(CO)CCC3)cc2c1. The fourth-order valence-corrected chi connectivity index (χ4v) is 3.34. The molecule has 3 rings (SSSR count). The minimum Gasteiger partial charge on any atom is -0.399 e. The van der Waals surface area contributed by atoms with Crippen molar-refractivity contribution in [3.05, 3.63) is 29.1 Å².